The van der Waals surface area contributed by atoms with Crippen molar-refractivity contribution in [3.05, 3.63) is 35.4 Å². The minimum atomic E-state index is -0.207. The molecular formula is C23H29N3O5S. The number of aryl methyl sites for hydroxylation is 1. The van der Waals surface area contributed by atoms with Gasteiger partial charge in [0.2, 0.25) is 5.75 Å². The molecule has 1 amide bonds. The summed E-state index contributed by atoms with van der Waals surface area (Å²) in [5.41, 5.74) is 2.25. The number of likely N-dealkylation sites (N-methyl/N-ethyl adjacent to an activating group) is 1. The Bertz CT molecular complexity index is 1090. The van der Waals surface area contributed by atoms with E-state index in [1.165, 1.54) is 32.7 Å². The van der Waals surface area contributed by atoms with Gasteiger partial charge in [0.15, 0.2) is 16.6 Å². The number of ether oxygens (including phenoxy) is 4. The zero-order chi connectivity index (χ0) is 23.4. The van der Waals surface area contributed by atoms with Crippen LogP contribution in [0.3, 0.4) is 0 Å². The van der Waals surface area contributed by atoms with Gasteiger partial charge in [-0.3, -0.25) is 9.69 Å². The molecule has 0 aliphatic rings. The van der Waals surface area contributed by atoms with Crippen molar-refractivity contribution >= 4 is 32.6 Å². The highest BCUT2D eigenvalue weighted by atomic mass is 32.1. The van der Waals surface area contributed by atoms with E-state index < -0.39 is 0 Å². The van der Waals surface area contributed by atoms with E-state index >= 15 is 0 Å². The van der Waals surface area contributed by atoms with Crippen LogP contribution >= 0.6 is 11.3 Å². The molecule has 0 fully saturated rings. The molecule has 0 saturated heterocycles. The molecule has 1 heterocycles. The molecule has 0 aliphatic carbocycles. The Balaban J connectivity index is 2.11. The second kappa shape index (κ2) is 10.1. The number of hydrogen-bond donors (Lipinski definition) is 0. The van der Waals surface area contributed by atoms with Crippen LogP contribution in [0.15, 0.2) is 24.3 Å². The van der Waals surface area contributed by atoms with E-state index in [1.807, 2.05) is 38.1 Å². The number of thiazole rings is 1. The standard InChI is InChI=1S/C23H29N3O5S/c1-14-8-9-16(28-4)19-21(14)32-23(24-19)26(11-10-25(2)3)22(27)15-12-17(29-5)20(31-7)18(13-15)30-6/h8-9,12-13H,10-11H2,1-7H3. The first kappa shape index (κ1) is 23.6. The van der Waals surface area contributed by atoms with Crippen molar-refractivity contribution < 1.29 is 23.7 Å². The van der Waals surface area contributed by atoms with Crippen LogP contribution in [0.5, 0.6) is 23.0 Å². The minimum absolute atomic E-state index is 0.207. The topological polar surface area (TPSA) is 73.4 Å². The molecular weight excluding hydrogens is 430 g/mol. The number of nitrogens with zero attached hydrogens (tertiary/aromatic N) is 3. The van der Waals surface area contributed by atoms with Crippen molar-refractivity contribution in [2.45, 2.75) is 6.92 Å². The van der Waals surface area contributed by atoms with Gasteiger partial charge in [0.1, 0.15) is 11.3 Å². The molecule has 3 aromatic rings. The Kier molecular flexibility index (Phi) is 7.42. The molecule has 0 saturated carbocycles. The number of amides is 1. The van der Waals surface area contributed by atoms with Gasteiger partial charge in [-0.1, -0.05) is 17.4 Å². The lowest BCUT2D eigenvalue weighted by Crippen LogP contribution is -2.36. The number of anilines is 1. The number of benzene rings is 2. The third kappa shape index (κ3) is 4.58. The summed E-state index contributed by atoms with van der Waals surface area (Å²) in [5.74, 6) is 1.75. The average Bonchev–Trinajstić information content (AvgIpc) is 3.24. The van der Waals surface area contributed by atoms with Crippen LogP contribution in [0.2, 0.25) is 0 Å². The van der Waals surface area contributed by atoms with Gasteiger partial charge in [0, 0.05) is 18.7 Å². The van der Waals surface area contributed by atoms with Crippen molar-refractivity contribution in [3.8, 4) is 23.0 Å². The fraction of sp³-hybridized carbons (Fsp3) is 0.391. The molecule has 0 aliphatic heterocycles. The zero-order valence-corrected chi connectivity index (χ0v) is 20.3. The second-order valence-electron chi connectivity index (χ2n) is 7.43. The molecule has 1 aromatic heterocycles. The van der Waals surface area contributed by atoms with Gasteiger partial charge in [-0.25, -0.2) is 4.98 Å². The smallest absolute Gasteiger partial charge is 0.260 e. The Morgan fingerprint density at radius 2 is 1.56 bits per heavy atom. The molecule has 0 N–H and O–H groups in total. The SMILES string of the molecule is COc1cc(C(=O)N(CCN(C)C)c2nc3c(OC)ccc(C)c3s2)cc(OC)c1OC. The van der Waals surface area contributed by atoms with E-state index in [4.69, 9.17) is 23.9 Å². The van der Waals surface area contributed by atoms with E-state index in [0.717, 1.165) is 15.8 Å². The predicted molar refractivity (Wildman–Crippen MR) is 127 cm³/mol. The van der Waals surface area contributed by atoms with Crippen LogP contribution < -0.4 is 23.8 Å². The van der Waals surface area contributed by atoms with Crippen LogP contribution in [-0.2, 0) is 0 Å². The highest BCUT2D eigenvalue weighted by Crippen LogP contribution is 2.40. The molecule has 8 nitrogen and oxygen atoms in total. The number of fused-ring (bicyclic) bond motifs is 1. The number of carbonyl (C=O) groups excluding carboxylic acids is 1. The lowest BCUT2D eigenvalue weighted by atomic mass is 10.1. The molecule has 32 heavy (non-hydrogen) atoms. The van der Waals surface area contributed by atoms with Crippen LogP contribution in [0.1, 0.15) is 15.9 Å². The molecule has 2 aromatic carbocycles. The summed E-state index contributed by atoms with van der Waals surface area (Å²) in [6.07, 6.45) is 0. The summed E-state index contributed by atoms with van der Waals surface area (Å²) >= 11 is 1.47. The van der Waals surface area contributed by atoms with Crippen molar-refractivity contribution in [3.63, 3.8) is 0 Å². The molecule has 3 rings (SSSR count). The number of methoxy groups -OCH3 is 4. The maximum absolute atomic E-state index is 13.7. The molecule has 9 heteroatoms. The van der Waals surface area contributed by atoms with Crippen LogP contribution in [-0.4, -0.2) is 71.4 Å². The third-order valence-electron chi connectivity index (χ3n) is 5.07. The van der Waals surface area contributed by atoms with Crippen molar-refractivity contribution in [2.24, 2.45) is 0 Å². The Hall–Kier alpha value is -3.04. The predicted octanol–water partition coefficient (Wildman–Crippen LogP) is 3.85. The van der Waals surface area contributed by atoms with E-state index in [9.17, 15) is 4.79 Å². The summed E-state index contributed by atoms with van der Waals surface area (Å²) in [6, 6.07) is 7.21. The van der Waals surface area contributed by atoms with Crippen molar-refractivity contribution in [1.82, 2.24) is 9.88 Å². The largest absolute Gasteiger partial charge is 0.494 e. The number of aromatic nitrogens is 1. The molecule has 0 bridgehead atoms. The summed E-state index contributed by atoms with van der Waals surface area (Å²) in [7, 11) is 10.1. The van der Waals surface area contributed by atoms with Gasteiger partial charge in [0.05, 0.1) is 33.1 Å². The maximum atomic E-state index is 13.7. The first-order chi connectivity index (χ1) is 15.3. The fourth-order valence-corrected chi connectivity index (χ4v) is 4.40. The Labute approximate surface area is 192 Å². The molecule has 0 spiro atoms. The maximum Gasteiger partial charge on any atom is 0.260 e. The van der Waals surface area contributed by atoms with Gasteiger partial charge in [-0.05, 0) is 44.8 Å². The lowest BCUT2D eigenvalue weighted by Gasteiger charge is -2.23. The first-order valence-corrected chi connectivity index (χ1v) is 10.9. The summed E-state index contributed by atoms with van der Waals surface area (Å²) in [4.78, 5) is 22.2. The second-order valence-corrected chi connectivity index (χ2v) is 8.41. The first-order valence-electron chi connectivity index (χ1n) is 10.0. The lowest BCUT2D eigenvalue weighted by molar-refractivity contribution is 0.0984. The van der Waals surface area contributed by atoms with Crippen molar-refractivity contribution in [1.29, 1.82) is 0 Å². The van der Waals surface area contributed by atoms with E-state index in [1.54, 1.807) is 24.1 Å². The summed E-state index contributed by atoms with van der Waals surface area (Å²) in [6.45, 7) is 3.15. The fourth-order valence-electron chi connectivity index (χ4n) is 3.32. The van der Waals surface area contributed by atoms with Gasteiger partial charge in [-0.2, -0.15) is 0 Å². The van der Waals surface area contributed by atoms with Crippen LogP contribution in [0, 0.1) is 6.92 Å². The molecule has 0 radical (unpaired) electrons. The van der Waals surface area contributed by atoms with Crippen molar-refractivity contribution in [2.75, 3.05) is 60.5 Å². The van der Waals surface area contributed by atoms with E-state index in [0.29, 0.717) is 46.8 Å². The highest BCUT2D eigenvalue weighted by molar-refractivity contribution is 7.22. The van der Waals surface area contributed by atoms with Gasteiger partial charge >= 0.3 is 0 Å². The van der Waals surface area contributed by atoms with Gasteiger partial charge in [-0.15, -0.1) is 0 Å². The molecule has 0 unspecified atom stereocenters. The normalized spacial score (nSPS) is 11.0. The number of hydrogen-bond acceptors (Lipinski definition) is 8. The van der Waals surface area contributed by atoms with Gasteiger partial charge < -0.3 is 23.8 Å². The Morgan fingerprint density at radius 3 is 2.09 bits per heavy atom. The summed E-state index contributed by atoms with van der Waals surface area (Å²) < 4.78 is 22.7. The molecule has 0 atom stereocenters. The third-order valence-corrected chi connectivity index (χ3v) is 6.28. The summed E-state index contributed by atoms with van der Waals surface area (Å²) in [5, 5.41) is 0.605. The zero-order valence-electron chi connectivity index (χ0n) is 19.5. The number of carbonyl (C=O) groups is 1. The quantitative estimate of drug-likeness (QED) is 0.481. The Morgan fingerprint density at radius 1 is 0.938 bits per heavy atom. The van der Waals surface area contributed by atoms with E-state index in [2.05, 4.69) is 0 Å². The average molecular weight is 460 g/mol. The van der Waals surface area contributed by atoms with Gasteiger partial charge in [0.25, 0.3) is 5.91 Å². The minimum Gasteiger partial charge on any atom is -0.494 e. The monoisotopic (exact) mass is 459 g/mol. The van der Waals surface area contributed by atoms with Crippen LogP contribution in [0.25, 0.3) is 10.2 Å². The number of rotatable bonds is 9. The van der Waals surface area contributed by atoms with Crippen LogP contribution in [0.4, 0.5) is 5.13 Å². The molecule has 172 valence electrons. The van der Waals surface area contributed by atoms with E-state index in [-0.39, 0.29) is 5.91 Å². The highest BCUT2D eigenvalue weighted by Gasteiger charge is 2.25.